The van der Waals surface area contributed by atoms with Crippen LogP contribution in [0.15, 0.2) is 84.9 Å². The third-order valence-electron chi connectivity index (χ3n) is 15.3. The summed E-state index contributed by atoms with van der Waals surface area (Å²) >= 11 is 0. The van der Waals surface area contributed by atoms with Crippen molar-refractivity contribution in [3.8, 4) is 11.5 Å². The first-order chi connectivity index (χ1) is 40.3. The molecule has 6 atom stereocenters. The molecule has 1 fully saturated rings. The maximum absolute atomic E-state index is 14.7. The molecule has 0 aliphatic carbocycles. The first-order valence-electron chi connectivity index (χ1n) is 29.2. The van der Waals surface area contributed by atoms with Crippen molar-refractivity contribution >= 4 is 64.8 Å². The lowest BCUT2D eigenvalue weighted by atomic mass is 9.87. The molecule has 0 unspecified atom stereocenters. The van der Waals surface area contributed by atoms with Gasteiger partial charge in [-0.25, -0.2) is 9.59 Å². The number of piperidine rings is 1. The second-order valence-corrected chi connectivity index (χ2v) is 23.4. The van der Waals surface area contributed by atoms with Crippen molar-refractivity contribution in [3.05, 3.63) is 102 Å². The van der Waals surface area contributed by atoms with Crippen molar-refractivity contribution in [2.24, 2.45) is 17.3 Å². The lowest BCUT2D eigenvalue weighted by Gasteiger charge is -2.36. The van der Waals surface area contributed by atoms with Crippen LogP contribution in [0.25, 0.3) is 0 Å². The van der Waals surface area contributed by atoms with E-state index in [-0.39, 0.29) is 64.0 Å². The third-order valence-corrected chi connectivity index (χ3v) is 15.3. The molecule has 2 aliphatic heterocycles. The number of Topliss-reactive ketones (excluding diaryl/α,β-unsaturated/α-hetero) is 1. The minimum Gasteiger partial charge on any atom is -0.493 e. The number of hydrogen-bond donors (Lipinski definition) is 3. The Balaban J connectivity index is 1.48. The number of esters is 2. The molecule has 5 rings (SSSR count). The largest absolute Gasteiger partial charge is 0.493 e. The Kier molecular flexibility index (Phi) is 25.2. The predicted octanol–water partition coefficient (Wildman–Crippen LogP) is 6.17. The van der Waals surface area contributed by atoms with E-state index in [0.29, 0.717) is 42.0 Å². The second-order valence-electron chi connectivity index (χ2n) is 23.4. The Morgan fingerprint density at radius 3 is 2.12 bits per heavy atom. The third kappa shape index (κ3) is 19.2. The average Bonchev–Trinajstić information content (AvgIpc) is 3.65. The minimum atomic E-state index is -1.50. The number of ketones is 1. The number of aryl methyl sites for hydroxylation is 1. The zero-order valence-corrected chi connectivity index (χ0v) is 51.4. The topological polar surface area (TPSA) is 257 Å². The van der Waals surface area contributed by atoms with Gasteiger partial charge < -0.3 is 54.5 Å². The van der Waals surface area contributed by atoms with Crippen molar-refractivity contribution < 1.29 is 66.9 Å². The monoisotopic (exact) mass is 1180 g/mol. The van der Waals surface area contributed by atoms with E-state index in [1.165, 1.54) is 81.8 Å². The molecule has 3 aromatic carbocycles. The fourth-order valence-electron chi connectivity index (χ4n) is 10.4. The SMILES string of the molecule is COc1ccc(CC[C@H]2OC(=O)[C@@H]3CCCCN3C(=O)C(=O)C(C)(C)COC(=O)C=CCCN(C)C(=O)[C@H](C)NC(=O)[C@H](C(C)C)N(C)C(=O)[C@@H](Cc3ccccc3)NC(=O)[C@H](CC(C)C)N(C)C(=O)CCC(=O)Nc3cccc2c3)cc1OC. The fraction of sp³-hybridized carbons (Fsp3) is 0.531. The zero-order valence-electron chi connectivity index (χ0n) is 51.4. The number of methoxy groups -OCH3 is 2. The molecule has 462 valence electrons. The summed E-state index contributed by atoms with van der Waals surface area (Å²) in [5, 5.41) is 8.52. The number of benzene rings is 3. The molecule has 21 nitrogen and oxygen atoms in total. The van der Waals surface area contributed by atoms with E-state index in [9.17, 15) is 47.9 Å². The number of ether oxygens (including phenoxy) is 4. The normalized spacial score (nSPS) is 23.0. The number of likely N-dealkylation sites (N-methyl/N-ethyl adjacent to an activating group) is 3. The Hall–Kier alpha value is -8.10. The summed E-state index contributed by atoms with van der Waals surface area (Å²) in [5.41, 5.74) is 0.884. The molecule has 0 saturated carbocycles. The summed E-state index contributed by atoms with van der Waals surface area (Å²) in [5.74, 6) is -6.17. The molecule has 2 heterocycles. The van der Waals surface area contributed by atoms with Gasteiger partial charge in [0.15, 0.2) is 11.5 Å². The van der Waals surface area contributed by atoms with E-state index >= 15 is 0 Å². The van der Waals surface area contributed by atoms with Gasteiger partial charge in [-0.2, -0.15) is 0 Å². The van der Waals surface area contributed by atoms with E-state index < -0.39 is 113 Å². The summed E-state index contributed by atoms with van der Waals surface area (Å²) in [6.45, 7) is 11.5. The van der Waals surface area contributed by atoms with Crippen LogP contribution in [-0.2, 0) is 70.3 Å². The highest BCUT2D eigenvalue weighted by molar-refractivity contribution is 6.38. The van der Waals surface area contributed by atoms with Gasteiger partial charge in [0.2, 0.25) is 41.2 Å². The van der Waals surface area contributed by atoms with Crippen LogP contribution in [0.2, 0.25) is 0 Å². The van der Waals surface area contributed by atoms with Crippen LogP contribution < -0.4 is 25.4 Å². The van der Waals surface area contributed by atoms with Gasteiger partial charge in [-0.1, -0.05) is 82.3 Å². The number of fused-ring (bicyclic) bond motifs is 3. The maximum Gasteiger partial charge on any atom is 0.330 e. The van der Waals surface area contributed by atoms with Crippen LogP contribution in [-0.4, -0.2) is 164 Å². The predicted molar refractivity (Wildman–Crippen MR) is 319 cm³/mol. The molecule has 3 N–H and O–H groups in total. The summed E-state index contributed by atoms with van der Waals surface area (Å²) in [6, 6.07) is 15.7. The first kappa shape index (κ1) is 67.7. The van der Waals surface area contributed by atoms with E-state index in [1.54, 1.807) is 68.4 Å². The van der Waals surface area contributed by atoms with Gasteiger partial charge in [0.25, 0.3) is 5.91 Å². The second kappa shape index (κ2) is 31.7. The molecule has 0 radical (unpaired) electrons. The lowest BCUT2D eigenvalue weighted by molar-refractivity contribution is -0.165. The van der Waals surface area contributed by atoms with E-state index in [0.717, 1.165) is 17.2 Å². The molecule has 3 aromatic rings. The minimum absolute atomic E-state index is 0.0420. The van der Waals surface area contributed by atoms with Crippen LogP contribution >= 0.6 is 0 Å². The van der Waals surface area contributed by atoms with Gasteiger partial charge in [-0.05, 0) is 119 Å². The van der Waals surface area contributed by atoms with Crippen LogP contribution in [0.1, 0.15) is 123 Å². The highest BCUT2D eigenvalue weighted by atomic mass is 16.5. The van der Waals surface area contributed by atoms with Gasteiger partial charge in [0, 0.05) is 65.3 Å². The highest BCUT2D eigenvalue weighted by Crippen LogP contribution is 2.33. The molecule has 2 bridgehead atoms. The molecule has 0 spiro atoms. The number of nitrogens with zero attached hydrogens (tertiary/aromatic N) is 4. The first-order valence-corrected chi connectivity index (χ1v) is 29.2. The molecule has 2 aliphatic rings. The molecule has 0 aromatic heterocycles. The number of amides is 7. The molecule has 21 heteroatoms. The summed E-state index contributed by atoms with van der Waals surface area (Å²) < 4.78 is 22.7. The Labute approximate surface area is 499 Å². The molecule has 85 heavy (non-hydrogen) atoms. The van der Waals surface area contributed by atoms with Crippen molar-refractivity contribution in [3.63, 3.8) is 0 Å². The number of carbonyl (C=O) groups excluding carboxylic acids is 10. The molecule has 7 amide bonds. The van der Waals surface area contributed by atoms with Crippen LogP contribution in [0.5, 0.6) is 11.5 Å². The smallest absolute Gasteiger partial charge is 0.330 e. The highest BCUT2D eigenvalue weighted by Gasteiger charge is 2.43. The van der Waals surface area contributed by atoms with Crippen molar-refractivity contribution in [1.82, 2.24) is 30.2 Å². The van der Waals surface area contributed by atoms with Crippen molar-refractivity contribution in [1.29, 1.82) is 0 Å². The summed E-state index contributed by atoms with van der Waals surface area (Å²) in [7, 11) is 7.52. The Morgan fingerprint density at radius 2 is 1.45 bits per heavy atom. The van der Waals surface area contributed by atoms with E-state index in [2.05, 4.69) is 16.0 Å². The van der Waals surface area contributed by atoms with Gasteiger partial charge >= 0.3 is 11.9 Å². The zero-order chi connectivity index (χ0) is 62.7. The van der Waals surface area contributed by atoms with Crippen LogP contribution in [0.4, 0.5) is 5.69 Å². The van der Waals surface area contributed by atoms with Crippen LogP contribution in [0, 0.1) is 17.3 Å². The number of carbonyl (C=O) groups is 10. The fourth-order valence-corrected chi connectivity index (χ4v) is 10.4. The lowest BCUT2D eigenvalue weighted by Crippen LogP contribution is -2.60. The Bertz CT molecular complexity index is 2890. The Morgan fingerprint density at radius 1 is 0.741 bits per heavy atom. The number of nitrogens with one attached hydrogen (secondary N) is 3. The number of rotatable bonds is 10. The van der Waals surface area contributed by atoms with Gasteiger partial charge in [0.1, 0.15) is 42.9 Å². The van der Waals surface area contributed by atoms with Gasteiger partial charge in [-0.3, -0.25) is 38.4 Å². The van der Waals surface area contributed by atoms with Crippen LogP contribution in [0.3, 0.4) is 0 Å². The molecular formula is C64H87N7O14. The summed E-state index contributed by atoms with van der Waals surface area (Å²) in [4.78, 5) is 145. The van der Waals surface area contributed by atoms with Crippen molar-refractivity contribution in [2.75, 3.05) is 60.4 Å². The standard InChI is InChI=1S/C64H87N7O14/c1-40(2)35-49-58(76)67-47(36-43-21-14-13-15-22-43)61(79)70(10)56(41(3)4)59(77)65-42(5)60(78)68(8)33-18-17-26-55(74)84-39-64(6,7)57(75)62(80)71-34-19-16-25-48(71)63(81)85-50(29-27-44-28-30-51(82-11)52(37-44)83-12)45-23-20-24-46(38-45)66-53(72)31-32-54(73)69(49)9/h13-15,17,20-24,26,28,30,37-38,40-42,47-50,56H,16,18-19,25,27,29,31-36,39H2,1-12H3,(H,65,77)(H,66,72)(H,67,76)/t42-,47+,48-,49-,50+,56-/m0/s1. The summed E-state index contributed by atoms with van der Waals surface area (Å²) in [6.07, 6.45) is 3.51. The van der Waals surface area contributed by atoms with E-state index in [4.69, 9.17) is 18.9 Å². The average molecular weight is 1180 g/mol. The van der Waals surface area contributed by atoms with Crippen molar-refractivity contribution in [2.45, 2.75) is 149 Å². The van der Waals surface area contributed by atoms with Gasteiger partial charge in [0.05, 0.1) is 19.6 Å². The quantitative estimate of drug-likeness (QED) is 0.152. The van der Waals surface area contributed by atoms with Gasteiger partial charge in [-0.15, -0.1) is 0 Å². The van der Waals surface area contributed by atoms with E-state index in [1.807, 2.05) is 32.0 Å². The molecule has 1 saturated heterocycles. The molecular weight excluding hydrogens is 1090 g/mol. The maximum atomic E-state index is 14.7. The number of cyclic esters (lactones) is 2. The number of hydrogen-bond acceptors (Lipinski definition) is 14. The number of anilines is 1.